The molecule has 0 saturated heterocycles. The first-order chi connectivity index (χ1) is 17.3. The van der Waals surface area contributed by atoms with E-state index in [1.807, 2.05) is 30.3 Å². The summed E-state index contributed by atoms with van der Waals surface area (Å²) in [6.07, 6.45) is 4.58. The molecule has 36 heavy (non-hydrogen) atoms. The van der Waals surface area contributed by atoms with Gasteiger partial charge in [-0.25, -0.2) is 4.98 Å². The molecule has 8 heteroatoms. The molecule has 0 bridgehead atoms. The first-order valence-corrected chi connectivity index (χ1v) is 12.0. The van der Waals surface area contributed by atoms with Crippen molar-refractivity contribution in [3.8, 4) is 5.75 Å². The van der Waals surface area contributed by atoms with Gasteiger partial charge >= 0.3 is 0 Å². The Morgan fingerprint density at radius 1 is 1.17 bits per heavy atom. The van der Waals surface area contributed by atoms with Crippen LogP contribution in [0, 0.1) is 6.92 Å². The molecule has 1 aromatic heterocycles. The smallest absolute Gasteiger partial charge is 0.296 e. The topological polar surface area (TPSA) is 96.8 Å². The number of Topliss-reactive ketones (excluding diaryl/α,β-unsaturated/α-hetero) is 1. The molecule has 1 N–H and O–H groups in total. The predicted octanol–water partition coefficient (Wildman–Crippen LogP) is 5.40. The molecule has 7 nitrogen and oxygen atoms in total. The molecular weight excluding hydrogens is 476 g/mol. The number of nitrogens with zero attached hydrogens (tertiary/aromatic N) is 2. The van der Waals surface area contributed by atoms with Crippen molar-refractivity contribution in [3.05, 3.63) is 106 Å². The first kappa shape index (κ1) is 24.8. The van der Waals surface area contributed by atoms with Gasteiger partial charge in [-0.15, -0.1) is 0 Å². The van der Waals surface area contributed by atoms with E-state index in [4.69, 9.17) is 4.74 Å². The lowest BCUT2D eigenvalue weighted by atomic mass is 9.95. The average molecular weight is 501 g/mol. The molecule has 1 amide bonds. The summed E-state index contributed by atoms with van der Waals surface area (Å²) in [5.41, 5.74) is 1.79. The number of ketones is 2. The highest BCUT2D eigenvalue weighted by Crippen LogP contribution is 2.43. The molecule has 2 aromatic carbocycles. The van der Waals surface area contributed by atoms with E-state index in [2.05, 4.69) is 11.6 Å². The van der Waals surface area contributed by atoms with Gasteiger partial charge in [0.05, 0.1) is 22.2 Å². The van der Waals surface area contributed by atoms with Crippen molar-refractivity contribution >= 4 is 40.0 Å². The summed E-state index contributed by atoms with van der Waals surface area (Å²) in [4.78, 5) is 44.7. The van der Waals surface area contributed by atoms with Crippen LogP contribution in [0.3, 0.4) is 0 Å². The number of aliphatic hydroxyl groups excluding tert-OH is 1. The third kappa shape index (κ3) is 4.89. The summed E-state index contributed by atoms with van der Waals surface area (Å²) in [6, 6.07) is 15.2. The zero-order valence-corrected chi connectivity index (χ0v) is 20.6. The number of ether oxygens (including phenoxy) is 1. The van der Waals surface area contributed by atoms with Crippen molar-refractivity contribution in [1.29, 1.82) is 0 Å². The monoisotopic (exact) mass is 500 g/mol. The number of hydrogen-bond donors (Lipinski definition) is 1. The van der Waals surface area contributed by atoms with Crippen molar-refractivity contribution in [3.63, 3.8) is 0 Å². The van der Waals surface area contributed by atoms with E-state index in [9.17, 15) is 19.5 Å². The van der Waals surface area contributed by atoms with Gasteiger partial charge in [-0.05, 0) is 36.3 Å². The molecule has 1 unspecified atom stereocenters. The highest BCUT2D eigenvalue weighted by atomic mass is 32.1. The fourth-order valence-corrected chi connectivity index (χ4v) is 4.90. The van der Waals surface area contributed by atoms with Crippen LogP contribution in [0.1, 0.15) is 39.5 Å². The number of benzene rings is 2. The summed E-state index contributed by atoms with van der Waals surface area (Å²) >= 11 is 1.05. The lowest BCUT2D eigenvalue weighted by molar-refractivity contribution is -0.117. The fraction of sp³-hybridized carbons (Fsp3) is 0.143. The second-order valence-corrected chi connectivity index (χ2v) is 9.06. The number of hydrogen-bond acceptors (Lipinski definition) is 7. The van der Waals surface area contributed by atoms with Gasteiger partial charge in [0.2, 0.25) is 0 Å². The molecule has 0 saturated carbocycles. The SMILES string of the molecule is C=CCOc1ccc(C2C(C(=O)C=Cc3ccccc3)=C(O)C(=O)N2c2nc(C)c(C(C)=O)s2)cc1. The molecule has 182 valence electrons. The van der Waals surface area contributed by atoms with E-state index >= 15 is 0 Å². The van der Waals surface area contributed by atoms with Gasteiger partial charge in [0, 0.05) is 6.92 Å². The Bertz CT molecular complexity index is 1390. The van der Waals surface area contributed by atoms with Gasteiger partial charge in [0.15, 0.2) is 22.5 Å². The number of aryl methyl sites for hydroxylation is 1. The maximum Gasteiger partial charge on any atom is 0.296 e. The van der Waals surface area contributed by atoms with E-state index < -0.39 is 23.5 Å². The van der Waals surface area contributed by atoms with E-state index in [1.54, 1.807) is 43.3 Å². The van der Waals surface area contributed by atoms with Gasteiger partial charge in [-0.1, -0.05) is 72.5 Å². The van der Waals surface area contributed by atoms with Crippen LogP contribution in [-0.2, 0) is 9.59 Å². The van der Waals surface area contributed by atoms with Gasteiger partial charge in [-0.3, -0.25) is 19.3 Å². The number of aromatic nitrogens is 1. The van der Waals surface area contributed by atoms with Crippen molar-refractivity contribution in [1.82, 2.24) is 4.98 Å². The number of aliphatic hydroxyl groups is 1. The molecule has 0 fully saturated rings. The summed E-state index contributed by atoms with van der Waals surface area (Å²) in [7, 11) is 0. The lowest BCUT2D eigenvalue weighted by Gasteiger charge is -2.24. The quantitative estimate of drug-likeness (QED) is 0.240. The number of carbonyl (C=O) groups excluding carboxylic acids is 3. The molecule has 3 aromatic rings. The largest absolute Gasteiger partial charge is 0.503 e. The van der Waals surface area contributed by atoms with Crippen LogP contribution in [0.2, 0.25) is 0 Å². The molecule has 1 aliphatic heterocycles. The van der Waals surface area contributed by atoms with Crippen molar-refractivity contribution < 1.29 is 24.2 Å². The molecule has 1 atom stereocenters. The molecule has 0 spiro atoms. The molecule has 0 radical (unpaired) electrons. The second kappa shape index (κ2) is 10.5. The number of carbonyl (C=O) groups is 3. The molecule has 0 aliphatic carbocycles. The zero-order valence-electron chi connectivity index (χ0n) is 19.8. The van der Waals surface area contributed by atoms with Gasteiger partial charge < -0.3 is 9.84 Å². The van der Waals surface area contributed by atoms with Crippen LogP contribution < -0.4 is 9.64 Å². The van der Waals surface area contributed by atoms with E-state index in [0.717, 1.165) is 16.9 Å². The summed E-state index contributed by atoms with van der Waals surface area (Å²) in [5.74, 6) is -1.51. The summed E-state index contributed by atoms with van der Waals surface area (Å²) < 4.78 is 5.55. The lowest BCUT2D eigenvalue weighted by Crippen LogP contribution is -2.30. The third-order valence-corrected chi connectivity index (χ3v) is 6.83. The van der Waals surface area contributed by atoms with Crippen LogP contribution in [0.4, 0.5) is 5.13 Å². The Kier molecular flexibility index (Phi) is 7.26. The first-order valence-electron chi connectivity index (χ1n) is 11.2. The third-order valence-electron chi connectivity index (χ3n) is 5.58. The minimum atomic E-state index is -0.941. The molecule has 1 aliphatic rings. The number of thiazole rings is 1. The molecule has 4 rings (SSSR count). The Hall–Kier alpha value is -4.30. The van der Waals surface area contributed by atoms with Crippen LogP contribution in [0.5, 0.6) is 5.75 Å². The minimum absolute atomic E-state index is 0.0656. The van der Waals surface area contributed by atoms with Crippen LogP contribution in [0.25, 0.3) is 6.08 Å². The Labute approximate surface area is 212 Å². The van der Waals surface area contributed by atoms with E-state index in [0.29, 0.717) is 28.5 Å². The minimum Gasteiger partial charge on any atom is -0.503 e. The van der Waals surface area contributed by atoms with E-state index in [1.165, 1.54) is 17.9 Å². The normalized spacial score (nSPS) is 15.6. The summed E-state index contributed by atoms with van der Waals surface area (Å²) in [5, 5.41) is 11.1. The zero-order chi connectivity index (χ0) is 25.8. The van der Waals surface area contributed by atoms with E-state index in [-0.39, 0.29) is 16.5 Å². The Morgan fingerprint density at radius 2 is 1.86 bits per heavy atom. The maximum atomic E-state index is 13.3. The van der Waals surface area contributed by atoms with Crippen molar-refractivity contribution in [2.45, 2.75) is 19.9 Å². The molecular formula is C28H24N2O5S. The van der Waals surface area contributed by atoms with Crippen molar-refractivity contribution in [2.24, 2.45) is 0 Å². The molecule has 2 heterocycles. The second-order valence-electron chi connectivity index (χ2n) is 8.08. The summed E-state index contributed by atoms with van der Waals surface area (Å²) in [6.45, 7) is 7.06. The Balaban J connectivity index is 1.78. The fourth-order valence-electron chi connectivity index (χ4n) is 3.91. The van der Waals surface area contributed by atoms with Crippen LogP contribution in [-0.4, -0.2) is 34.2 Å². The number of rotatable bonds is 9. The predicted molar refractivity (Wildman–Crippen MR) is 139 cm³/mol. The van der Waals surface area contributed by atoms with Crippen LogP contribution in [0.15, 0.2) is 84.7 Å². The number of allylic oxidation sites excluding steroid dienone is 1. The van der Waals surface area contributed by atoms with Gasteiger partial charge in [0.1, 0.15) is 12.4 Å². The average Bonchev–Trinajstić information content (AvgIpc) is 3.39. The highest BCUT2D eigenvalue weighted by Gasteiger charge is 2.45. The highest BCUT2D eigenvalue weighted by molar-refractivity contribution is 7.17. The Morgan fingerprint density at radius 3 is 2.47 bits per heavy atom. The van der Waals surface area contributed by atoms with Crippen molar-refractivity contribution in [2.75, 3.05) is 11.5 Å². The number of anilines is 1. The maximum absolute atomic E-state index is 13.3. The standard InChI is InChI=1S/C28H24N2O5S/c1-4-16-35-21-13-11-20(12-14-21)24-23(22(32)15-10-19-8-6-5-7-9-19)25(33)27(34)30(24)28-29-17(2)26(36-28)18(3)31/h4-15,24,33H,1,16H2,2-3H3. The van der Waals surface area contributed by atoms with Gasteiger partial charge in [0.25, 0.3) is 5.91 Å². The van der Waals surface area contributed by atoms with Crippen LogP contribution >= 0.6 is 11.3 Å². The number of amides is 1. The van der Waals surface area contributed by atoms with Gasteiger partial charge in [-0.2, -0.15) is 0 Å².